The van der Waals surface area contributed by atoms with Crippen LogP contribution in [0.3, 0.4) is 0 Å². The number of para-hydroxylation sites is 2. The number of nitrogens with one attached hydrogen (secondary N) is 1. The van der Waals surface area contributed by atoms with Gasteiger partial charge in [-0.3, -0.25) is 9.59 Å². The highest BCUT2D eigenvalue weighted by Crippen LogP contribution is 2.17. The molecule has 0 saturated carbocycles. The molecule has 1 aromatic heterocycles. The number of methoxy groups -OCH3 is 1. The van der Waals surface area contributed by atoms with Crippen molar-refractivity contribution in [3.8, 4) is 11.3 Å². The van der Waals surface area contributed by atoms with Crippen molar-refractivity contribution >= 4 is 16.9 Å². The zero-order chi connectivity index (χ0) is 17.8. The van der Waals surface area contributed by atoms with E-state index in [0.29, 0.717) is 30.0 Å². The lowest BCUT2D eigenvalue weighted by Crippen LogP contribution is -2.26. The van der Waals surface area contributed by atoms with E-state index in [2.05, 4.69) is 10.3 Å². The van der Waals surface area contributed by atoms with Gasteiger partial charge in [-0.2, -0.15) is 0 Å². The molecule has 0 aliphatic carbocycles. The number of fused-ring (bicyclic) bond motifs is 1. The zero-order valence-electron chi connectivity index (χ0n) is 14.2. The minimum atomic E-state index is -0.178. The van der Waals surface area contributed by atoms with Crippen molar-refractivity contribution in [3.05, 3.63) is 64.4 Å². The Bertz CT molecular complexity index is 962. The first-order valence-corrected chi connectivity index (χ1v) is 7.95. The number of hydrogen-bond donors (Lipinski definition) is 1. The number of benzene rings is 2. The van der Waals surface area contributed by atoms with E-state index in [-0.39, 0.29) is 11.5 Å². The van der Waals surface area contributed by atoms with Gasteiger partial charge in [0, 0.05) is 31.8 Å². The van der Waals surface area contributed by atoms with Gasteiger partial charge >= 0.3 is 0 Å². The molecule has 1 N–H and O–H groups in total. The monoisotopic (exact) mass is 337 g/mol. The second kappa shape index (κ2) is 7.27. The first-order valence-electron chi connectivity index (χ1n) is 7.95. The summed E-state index contributed by atoms with van der Waals surface area (Å²) < 4.78 is 6.49. The van der Waals surface area contributed by atoms with Crippen molar-refractivity contribution in [1.29, 1.82) is 0 Å². The minimum absolute atomic E-state index is 0.170. The maximum atomic E-state index is 12.6. The Morgan fingerprint density at radius 2 is 1.88 bits per heavy atom. The number of hydrogen-bond acceptors (Lipinski definition) is 4. The van der Waals surface area contributed by atoms with E-state index in [4.69, 9.17) is 4.74 Å². The predicted octanol–water partition coefficient (Wildman–Crippen LogP) is 1.98. The Kier molecular flexibility index (Phi) is 4.90. The summed E-state index contributed by atoms with van der Waals surface area (Å²) in [6, 6.07) is 14.4. The van der Waals surface area contributed by atoms with Crippen molar-refractivity contribution in [2.24, 2.45) is 7.05 Å². The Morgan fingerprint density at radius 3 is 2.60 bits per heavy atom. The van der Waals surface area contributed by atoms with Crippen LogP contribution >= 0.6 is 0 Å². The summed E-state index contributed by atoms with van der Waals surface area (Å²) in [6.07, 6.45) is 0. The molecule has 0 saturated heterocycles. The molecule has 128 valence electrons. The van der Waals surface area contributed by atoms with Gasteiger partial charge in [0.25, 0.3) is 11.5 Å². The predicted molar refractivity (Wildman–Crippen MR) is 96.6 cm³/mol. The normalized spacial score (nSPS) is 10.8. The van der Waals surface area contributed by atoms with E-state index in [1.165, 1.54) is 0 Å². The average Bonchev–Trinajstić information content (AvgIpc) is 2.65. The van der Waals surface area contributed by atoms with Crippen molar-refractivity contribution in [3.63, 3.8) is 0 Å². The van der Waals surface area contributed by atoms with Gasteiger partial charge in [-0.25, -0.2) is 4.98 Å². The SMILES string of the molecule is COCCNC(=O)c1ccc(-c2nc3ccccc3n(C)c2=O)cc1. The van der Waals surface area contributed by atoms with Gasteiger partial charge in [0.1, 0.15) is 5.69 Å². The van der Waals surface area contributed by atoms with Crippen molar-refractivity contribution < 1.29 is 9.53 Å². The van der Waals surface area contributed by atoms with Crippen LogP contribution in [0.1, 0.15) is 10.4 Å². The highest BCUT2D eigenvalue weighted by Gasteiger charge is 2.11. The van der Waals surface area contributed by atoms with E-state index in [9.17, 15) is 9.59 Å². The van der Waals surface area contributed by atoms with Gasteiger partial charge in [0.2, 0.25) is 0 Å². The molecule has 0 aliphatic rings. The standard InChI is InChI=1S/C19H19N3O3/c1-22-16-6-4-3-5-15(16)21-17(19(22)24)13-7-9-14(10-8-13)18(23)20-11-12-25-2/h3-10H,11-12H2,1-2H3,(H,20,23). The highest BCUT2D eigenvalue weighted by molar-refractivity contribution is 5.94. The highest BCUT2D eigenvalue weighted by atomic mass is 16.5. The summed E-state index contributed by atoms with van der Waals surface area (Å²) >= 11 is 0. The molecule has 2 aromatic carbocycles. The largest absolute Gasteiger partial charge is 0.383 e. The first kappa shape index (κ1) is 16.9. The second-order valence-electron chi connectivity index (χ2n) is 5.64. The number of aromatic nitrogens is 2. The minimum Gasteiger partial charge on any atom is -0.383 e. The van der Waals surface area contributed by atoms with Crippen LogP contribution in [0.5, 0.6) is 0 Å². The molecular weight excluding hydrogens is 318 g/mol. The fourth-order valence-electron chi connectivity index (χ4n) is 2.62. The molecule has 0 unspecified atom stereocenters. The van der Waals surface area contributed by atoms with Crippen molar-refractivity contribution in [2.45, 2.75) is 0 Å². The molecule has 0 spiro atoms. The average molecular weight is 337 g/mol. The van der Waals surface area contributed by atoms with Crippen LogP contribution in [0, 0.1) is 0 Å². The molecule has 0 bridgehead atoms. The van der Waals surface area contributed by atoms with E-state index < -0.39 is 0 Å². The van der Waals surface area contributed by atoms with Crippen LogP contribution in [0.4, 0.5) is 0 Å². The lowest BCUT2D eigenvalue weighted by atomic mass is 10.1. The van der Waals surface area contributed by atoms with Crippen molar-refractivity contribution in [2.75, 3.05) is 20.3 Å². The molecule has 6 nitrogen and oxygen atoms in total. The Morgan fingerprint density at radius 1 is 1.16 bits per heavy atom. The van der Waals surface area contributed by atoms with Gasteiger partial charge in [0.15, 0.2) is 0 Å². The second-order valence-corrected chi connectivity index (χ2v) is 5.64. The van der Waals surface area contributed by atoms with Crippen LogP contribution < -0.4 is 10.9 Å². The maximum absolute atomic E-state index is 12.6. The molecule has 0 atom stereocenters. The summed E-state index contributed by atoms with van der Waals surface area (Å²) in [4.78, 5) is 29.1. The molecular formula is C19H19N3O3. The lowest BCUT2D eigenvalue weighted by molar-refractivity contribution is 0.0937. The quantitative estimate of drug-likeness (QED) is 0.723. The molecule has 25 heavy (non-hydrogen) atoms. The number of rotatable bonds is 5. The first-order chi connectivity index (χ1) is 12.1. The van der Waals surface area contributed by atoms with Crippen LogP contribution in [0.15, 0.2) is 53.3 Å². The molecule has 6 heteroatoms. The molecule has 1 heterocycles. The lowest BCUT2D eigenvalue weighted by Gasteiger charge is -2.09. The zero-order valence-corrected chi connectivity index (χ0v) is 14.2. The molecule has 0 aliphatic heterocycles. The number of aryl methyl sites for hydroxylation is 1. The van der Waals surface area contributed by atoms with E-state index in [1.807, 2.05) is 24.3 Å². The summed E-state index contributed by atoms with van der Waals surface area (Å²) in [5.41, 5.74) is 2.94. The Balaban J connectivity index is 1.93. The van der Waals surface area contributed by atoms with E-state index in [0.717, 1.165) is 11.0 Å². The number of nitrogens with zero attached hydrogens (tertiary/aromatic N) is 2. The number of carbonyl (C=O) groups excluding carboxylic acids is 1. The van der Waals surface area contributed by atoms with Gasteiger partial charge in [0.05, 0.1) is 17.6 Å². The van der Waals surface area contributed by atoms with Gasteiger partial charge in [-0.1, -0.05) is 24.3 Å². The summed E-state index contributed by atoms with van der Waals surface area (Å²) in [5, 5.41) is 2.76. The summed E-state index contributed by atoms with van der Waals surface area (Å²) in [6.45, 7) is 0.907. The van der Waals surface area contributed by atoms with E-state index in [1.54, 1.807) is 43.0 Å². The van der Waals surface area contributed by atoms with Gasteiger partial charge < -0.3 is 14.6 Å². The molecule has 3 aromatic rings. The van der Waals surface area contributed by atoms with Gasteiger partial charge in [-0.05, 0) is 24.3 Å². The molecule has 3 rings (SSSR count). The summed E-state index contributed by atoms with van der Waals surface area (Å²) in [5.74, 6) is -0.178. The third kappa shape index (κ3) is 3.44. The van der Waals surface area contributed by atoms with E-state index >= 15 is 0 Å². The summed E-state index contributed by atoms with van der Waals surface area (Å²) in [7, 11) is 3.31. The van der Waals surface area contributed by atoms with Crippen LogP contribution in [-0.2, 0) is 11.8 Å². The topological polar surface area (TPSA) is 73.2 Å². The third-order valence-corrected chi connectivity index (χ3v) is 3.99. The van der Waals surface area contributed by atoms with Crippen LogP contribution in [-0.4, -0.2) is 35.7 Å². The number of carbonyl (C=O) groups is 1. The molecule has 0 fully saturated rings. The van der Waals surface area contributed by atoms with Crippen LogP contribution in [0.25, 0.3) is 22.3 Å². The maximum Gasteiger partial charge on any atom is 0.277 e. The smallest absolute Gasteiger partial charge is 0.277 e. The Labute approximate surface area is 145 Å². The van der Waals surface area contributed by atoms with Gasteiger partial charge in [-0.15, -0.1) is 0 Å². The molecule has 1 amide bonds. The number of amides is 1. The fourth-order valence-corrected chi connectivity index (χ4v) is 2.62. The molecule has 0 radical (unpaired) electrons. The third-order valence-electron chi connectivity index (χ3n) is 3.99. The van der Waals surface area contributed by atoms with Crippen molar-refractivity contribution in [1.82, 2.24) is 14.9 Å². The van der Waals surface area contributed by atoms with Crippen LogP contribution in [0.2, 0.25) is 0 Å². The number of ether oxygens (including phenoxy) is 1. The fraction of sp³-hybridized carbons (Fsp3) is 0.211. The Hall–Kier alpha value is -2.99.